The summed E-state index contributed by atoms with van der Waals surface area (Å²) in [6.45, 7) is 0.682. The number of halogens is 1. The zero-order valence-corrected chi connectivity index (χ0v) is 15.5. The molecule has 2 aromatic rings. The number of benzene rings is 2. The van der Waals surface area contributed by atoms with Crippen LogP contribution in [0.15, 0.2) is 60.7 Å². The first kappa shape index (κ1) is 20.5. The summed E-state index contributed by atoms with van der Waals surface area (Å²) in [5.74, 6) is -2.18. The van der Waals surface area contributed by atoms with Gasteiger partial charge in [0, 0.05) is 6.92 Å². The number of hydrogen-bond acceptors (Lipinski definition) is 7. The summed E-state index contributed by atoms with van der Waals surface area (Å²) >= 11 is 0. The first-order valence-corrected chi connectivity index (χ1v) is 8.90. The van der Waals surface area contributed by atoms with E-state index >= 15 is 0 Å². The Labute approximate surface area is 166 Å². The molecule has 0 aromatic heterocycles. The standard InChI is InChI=1S/C21H19FO7/c1-13(23)27-21-18(29-20(25)15-10-6-3-7-11-15)17(22)16(28-21)12-26-19(24)14-8-4-2-5-9-14/h2-11,16-18,21H,12H2,1H3/t16-,17-,18-,21?/m1/s1. The van der Waals surface area contributed by atoms with E-state index in [1.165, 1.54) is 12.1 Å². The van der Waals surface area contributed by atoms with Crippen LogP contribution in [0.25, 0.3) is 0 Å². The van der Waals surface area contributed by atoms with E-state index in [2.05, 4.69) is 0 Å². The van der Waals surface area contributed by atoms with Crippen LogP contribution in [0.3, 0.4) is 0 Å². The van der Waals surface area contributed by atoms with Crippen molar-refractivity contribution in [1.29, 1.82) is 0 Å². The molecule has 8 heteroatoms. The van der Waals surface area contributed by atoms with Crippen LogP contribution in [0.1, 0.15) is 27.6 Å². The van der Waals surface area contributed by atoms with E-state index in [9.17, 15) is 18.8 Å². The molecule has 1 aliphatic heterocycles. The molecule has 0 N–H and O–H groups in total. The maximum atomic E-state index is 14.9. The third kappa shape index (κ3) is 5.17. The molecule has 1 heterocycles. The monoisotopic (exact) mass is 402 g/mol. The topological polar surface area (TPSA) is 88.1 Å². The number of rotatable bonds is 6. The highest BCUT2D eigenvalue weighted by atomic mass is 19.1. The molecule has 0 saturated carbocycles. The fourth-order valence-corrected chi connectivity index (χ4v) is 2.78. The average Bonchev–Trinajstić information content (AvgIpc) is 3.01. The van der Waals surface area contributed by atoms with Crippen LogP contribution in [0.5, 0.6) is 0 Å². The second kappa shape index (κ2) is 9.29. The highest BCUT2D eigenvalue weighted by Crippen LogP contribution is 2.29. The smallest absolute Gasteiger partial charge is 0.338 e. The Bertz CT molecular complexity index is 856. The van der Waals surface area contributed by atoms with Crippen molar-refractivity contribution in [1.82, 2.24) is 0 Å². The number of alkyl halides is 1. The zero-order chi connectivity index (χ0) is 20.8. The van der Waals surface area contributed by atoms with Crippen LogP contribution in [-0.4, -0.2) is 49.2 Å². The minimum atomic E-state index is -1.87. The largest absolute Gasteiger partial charge is 0.459 e. The Morgan fingerprint density at radius 3 is 2.00 bits per heavy atom. The van der Waals surface area contributed by atoms with Crippen molar-refractivity contribution in [2.75, 3.05) is 6.61 Å². The molecule has 1 unspecified atom stereocenters. The Morgan fingerprint density at radius 1 is 0.897 bits per heavy atom. The lowest BCUT2D eigenvalue weighted by Crippen LogP contribution is -2.37. The average molecular weight is 402 g/mol. The lowest BCUT2D eigenvalue weighted by molar-refractivity contribution is -0.187. The summed E-state index contributed by atoms with van der Waals surface area (Å²) in [6, 6.07) is 16.2. The van der Waals surface area contributed by atoms with Crippen molar-refractivity contribution in [2.45, 2.75) is 31.6 Å². The van der Waals surface area contributed by atoms with Gasteiger partial charge in [0.1, 0.15) is 12.7 Å². The number of esters is 3. The molecular formula is C21H19FO7. The van der Waals surface area contributed by atoms with Crippen LogP contribution >= 0.6 is 0 Å². The van der Waals surface area contributed by atoms with E-state index in [0.717, 1.165) is 6.92 Å². The van der Waals surface area contributed by atoms with Gasteiger partial charge >= 0.3 is 17.9 Å². The van der Waals surface area contributed by atoms with Gasteiger partial charge in [-0.15, -0.1) is 0 Å². The minimum Gasteiger partial charge on any atom is -0.459 e. The van der Waals surface area contributed by atoms with Gasteiger partial charge < -0.3 is 18.9 Å². The Balaban J connectivity index is 1.66. The maximum Gasteiger partial charge on any atom is 0.338 e. The first-order chi connectivity index (χ1) is 14.0. The number of hydrogen-bond donors (Lipinski definition) is 0. The molecule has 152 valence electrons. The van der Waals surface area contributed by atoms with E-state index < -0.39 is 49.2 Å². The van der Waals surface area contributed by atoms with Crippen LogP contribution in [0, 0.1) is 0 Å². The summed E-state index contributed by atoms with van der Waals surface area (Å²) in [5.41, 5.74) is 0.504. The van der Waals surface area contributed by atoms with Crippen molar-refractivity contribution in [2.24, 2.45) is 0 Å². The molecule has 4 atom stereocenters. The molecule has 0 bridgehead atoms. The van der Waals surface area contributed by atoms with E-state index in [-0.39, 0.29) is 5.56 Å². The van der Waals surface area contributed by atoms with Gasteiger partial charge in [0.05, 0.1) is 11.1 Å². The van der Waals surface area contributed by atoms with Gasteiger partial charge in [-0.2, -0.15) is 0 Å². The predicted molar refractivity (Wildman–Crippen MR) is 97.7 cm³/mol. The number of carbonyl (C=O) groups excluding carboxylic acids is 3. The SMILES string of the molecule is CC(=O)OC1O[C@H](COC(=O)c2ccccc2)[C@@H](F)[C@H]1OC(=O)c1ccccc1. The maximum absolute atomic E-state index is 14.9. The quantitative estimate of drug-likeness (QED) is 0.542. The van der Waals surface area contributed by atoms with E-state index in [1.54, 1.807) is 48.5 Å². The van der Waals surface area contributed by atoms with Gasteiger partial charge in [0.15, 0.2) is 12.3 Å². The summed E-state index contributed by atoms with van der Waals surface area (Å²) in [7, 11) is 0. The molecule has 0 spiro atoms. The van der Waals surface area contributed by atoms with Crippen LogP contribution < -0.4 is 0 Å². The van der Waals surface area contributed by atoms with Crippen molar-refractivity contribution >= 4 is 17.9 Å². The molecule has 0 radical (unpaired) electrons. The van der Waals surface area contributed by atoms with Crippen molar-refractivity contribution in [3.63, 3.8) is 0 Å². The van der Waals surface area contributed by atoms with Gasteiger partial charge in [0.25, 0.3) is 0 Å². The van der Waals surface area contributed by atoms with Crippen LogP contribution in [0.2, 0.25) is 0 Å². The molecule has 3 rings (SSSR count). The Hall–Kier alpha value is -3.26. The second-order valence-electron chi connectivity index (χ2n) is 6.30. The second-order valence-corrected chi connectivity index (χ2v) is 6.30. The van der Waals surface area contributed by atoms with E-state index in [0.29, 0.717) is 5.56 Å². The van der Waals surface area contributed by atoms with E-state index in [4.69, 9.17) is 18.9 Å². The van der Waals surface area contributed by atoms with Gasteiger partial charge in [-0.1, -0.05) is 36.4 Å². The van der Waals surface area contributed by atoms with Crippen molar-refractivity contribution in [3.05, 3.63) is 71.8 Å². The first-order valence-electron chi connectivity index (χ1n) is 8.90. The zero-order valence-electron chi connectivity index (χ0n) is 15.5. The van der Waals surface area contributed by atoms with Gasteiger partial charge in [-0.25, -0.2) is 14.0 Å². The third-order valence-electron chi connectivity index (χ3n) is 4.17. The lowest BCUT2D eigenvalue weighted by Gasteiger charge is -2.19. The molecule has 1 fully saturated rings. The third-order valence-corrected chi connectivity index (χ3v) is 4.17. The van der Waals surface area contributed by atoms with Crippen molar-refractivity contribution < 1.29 is 37.7 Å². The van der Waals surface area contributed by atoms with Gasteiger partial charge in [-0.05, 0) is 24.3 Å². The summed E-state index contributed by atoms with van der Waals surface area (Å²) in [6.07, 6.45) is -6.07. The molecule has 1 aliphatic rings. The molecule has 0 amide bonds. The fraction of sp³-hybridized carbons (Fsp3) is 0.286. The normalized spacial score (nSPS) is 23.2. The van der Waals surface area contributed by atoms with Crippen LogP contribution in [-0.2, 0) is 23.7 Å². The summed E-state index contributed by atoms with van der Waals surface area (Å²) in [5, 5.41) is 0. The van der Waals surface area contributed by atoms with Gasteiger partial charge in [-0.3, -0.25) is 4.79 Å². The predicted octanol–water partition coefficient (Wildman–Crippen LogP) is 2.70. The molecular weight excluding hydrogens is 383 g/mol. The number of ether oxygens (including phenoxy) is 4. The summed E-state index contributed by atoms with van der Waals surface area (Å²) < 4.78 is 35.5. The number of carbonyl (C=O) groups is 3. The molecule has 7 nitrogen and oxygen atoms in total. The Morgan fingerprint density at radius 2 is 1.45 bits per heavy atom. The van der Waals surface area contributed by atoms with E-state index in [1.807, 2.05) is 0 Å². The van der Waals surface area contributed by atoms with Gasteiger partial charge in [0.2, 0.25) is 6.29 Å². The Kier molecular flexibility index (Phi) is 6.56. The lowest BCUT2D eigenvalue weighted by atomic mass is 10.1. The van der Waals surface area contributed by atoms with Crippen LogP contribution in [0.4, 0.5) is 4.39 Å². The minimum absolute atomic E-state index is 0.209. The molecule has 0 aliphatic carbocycles. The molecule has 2 aromatic carbocycles. The molecule has 1 saturated heterocycles. The van der Waals surface area contributed by atoms with Crippen molar-refractivity contribution in [3.8, 4) is 0 Å². The highest BCUT2D eigenvalue weighted by Gasteiger charge is 2.50. The summed E-state index contributed by atoms with van der Waals surface area (Å²) in [4.78, 5) is 35.6. The molecule has 29 heavy (non-hydrogen) atoms. The highest BCUT2D eigenvalue weighted by molar-refractivity contribution is 5.90. The fourth-order valence-electron chi connectivity index (χ4n) is 2.78.